The lowest BCUT2D eigenvalue weighted by Crippen LogP contribution is -2.45. The van der Waals surface area contributed by atoms with E-state index in [4.69, 9.17) is 17.0 Å². The lowest BCUT2D eigenvalue weighted by Gasteiger charge is -2.30. The largest absolute Gasteiger partial charge is 0.490 e. The van der Waals surface area contributed by atoms with Crippen molar-refractivity contribution in [3.05, 3.63) is 70.4 Å². The number of thiophene rings is 1. The van der Waals surface area contributed by atoms with E-state index in [1.54, 1.807) is 18.2 Å². The molecule has 0 bridgehead atoms. The number of Topliss-reactive ketones (excluding diaryl/α,β-unsaturated/α-hetero) is 1. The maximum Gasteiger partial charge on any atom is 0.379 e. The summed E-state index contributed by atoms with van der Waals surface area (Å²) in [6, 6.07) is 10.3. The number of carbonyl (C=O) groups excluding carboxylic acids is 2. The number of benzene rings is 1. The summed E-state index contributed by atoms with van der Waals surface area (Å²) in [6.07, 6.45) is 1.64. The summed E-state index contributed by atoms with van der Waals surface area (Å²) in [5.74, 6) is -1.06. The van der Waals surface area contributed by atoms with Crippen molar-refractivity contribution in [3.8, 4) is 5.75 Å². The molecule has 0 saturated heterocycles. The van der Waals surface area contributed by atoms with Gasteiger partial charge in [-0.3, -0.25) is 4.79 Å². The molecule has 0 saturated carbocycles. The topological polar surface area (TPSA) is 76.7 Å². The van der Waals surface area contributed by atoms with Crippen molar-refractivity contribution < 1.29 is 19.1 Å². The molecule has 8 heteroatoms. The third-order valence-electron chi connectivity index (χ3n) is 4.01. The van der Waals surface area contributed by atoms with Crippen molar-refractivity contribution in [3.63, 3.8) is 0 Å². The van der Waals surface area contributed by atoms with Crippen LogP contribution in [0.2, 0.25) is 0 Å². The molecule has 2 aromatic rings. The van der Waals surface area contributed by atoms with Crippen molar-refractivity contribution in [1.29, 1.82) is 0 Å². The van der Waals surface area contributed by atoms with E-state index in [-0.39, 0.29) is 5.57 Å². The van der Waals surface area contributed by atoms with E-state index in [0.717, 1.165) is 10.4 Å². The molecule has 1 aliphatic rings. The average molecular weight is 415 g/mol. The summed E-state index contributed by atoms with van der Waals surface area (Å²) >= 11 is 6.78. The van der Waals surface area contributed by atoms with Crippen molar-refractivity contribution in [1.82, 2.24) is 10.6 Å². The van der Waals surface area contributed by atoms with E-state index in [0.29, 0.717) is 23.2 Å². The molecule has 3 rings (SSSR count). The van der Waals surface area contributed by atoms with Gasteiger partial charge in [0.2, 0.25) is 0 Å². The number of thiocarbonyl (C=S) groups is 1. The van der Waals surface area contributed by atoms with Crippen LogP contribution in [0.15, 0.2) is 60.0 Å². The highest BCUT2D eigenvalue weighted by Crippen LogP contribution is 2.34. The second kappa shape index (κ2) is 8.81. The average Bonchev–Trinajstić information content (AvgIpc) is 3.25. The summed E-state index contributed by atoms with van der Waals surface area (Å²) in [6.45, 7) is 3.99. The second-order valence-corrected chi connectivity index (χ2v) is 7.15. The maximum absolute atomic E-state index is 12.9. The van der Waals surface area contributed by atoms with Crippen molar-refractivity contribution in [2.75, 3.05) is 13.7 Å². The zero-order valence-electron chi connectivity index (χ0n) is 15.1. The number of hydrogen-bond donors (Lipinski definition) is 2. The minimum Gasteiger partial charge on any atom is -0.490 e. The van der Waals surface area contributed by atoms with E-state index in [2.05, 4.69) is 21.9 Å². The predicted octanol–water partition coefficient (Wildman–Crippen LogP) is 2.99. The molecular formula is C20H18N2O4S2. The van der Waals surface area contributed by atoms with E-state index in [9.17, 15) is 9.59 Å². The molecule has 1 atom stereocenters. The van der Waals surface area contributed by atoms with E-state index < -0.39 is 17.8 Å². The minimum absolute atomic E-state index is 0.240. The lowest BCUT2D eigenvalue weighted by atomic mass is 9.91. The first-order chi connectivity index (χ1) is 13.5. The summed E-state index contributed by atoms with van der Waals surface area (Å²) in [4.78, 5) is 25.7. The first kappa shape index (κ1) is 19.8. The highest BCUT2D eigenvalue weighted by atomic mass is 32.1. The maximum atomic E-state index is 12.9. The Balaban J connectivity index is 2.13. The number of carbonyl (C=O) groups is 2. The number of hydrogen-bond acceptors (Lipinski definition) is 6. The Morgan fingerprint density at radius 2 is 2.14 bits per heavy atom. The van der Waals surface area contributed by atoms with Gasteiger partial charge in [0.1, 0.15) is 12.4 Å². The molecule has 0 unspecified atom stereocenters. The van der Waals surface area contributed by atoms with Crippen LogP contribution in [0.5, 0.6) is 5.75 Å². The van der Waals surface area contributed by atoms with Crippen molar-refractivity contribution in [2.24, 2.45) is 0 Å². The Labute approximate surface area is 171 Å². The zero-order valence-corrected chi connectivity index (χ0v) is 16.7. The quantitative estimate of drug-likeness (QED) is 0.312. The number of methoxy groups -OCH3 is 1. The van der Waals surface area contributed by atoms with Gasteiger partial charge in [-0.05, 0) is 41.4 Å². The molecule has 0 fully saturated rings. The van der Waals surface area contributed by atoms with Gasteiger partial charge in [-0.1, -0.05) is 30.9 Å². The van der Waals surface area contributed by atoms with Crippen LogP contribution in [-0.2, 0) is 14.3 Å². The van der Waals surface area contributed by atoms with E-state index >= 15 is 0 Å². The normalized spacial score (nSPS) is 16.0. The minimum atomic E-state index is -0.940. The molecule has 1 aromatic carbocycles. The molecule has 1 aromatic heterocycles. The Bertz CT molecular complexity index is 951. The van der Waals surface area contributed by atoms with Gasteiger partial charge in [0.15, 0.2) is 5.11 Å². The van der Waals surface area contributed by atoms with Crippen LogP contribution in [0.4, 0.5) is 0 Å². The first-order valence-electron chi connectivity index (χ1n) is 8.37. The molecule has 2 heterocycles. The van der Waals surface area contributed by atoms with Crippen LogP contribution in [0.3, 0.4) is 0 Å². The highest BCUT2D eigenvalue weighted by Gasteiger charge is 2.36. The molecule has 0 aliphatic carbocycles. The fourth-order valence-corrected chi connectivity index (χ4v) is 3.78. The van der Waals surface area contributed by atoms with E-state index in [1.807, 2.05) is 29.6 Å². The van der Waals surface area contributed by atoms with Gasteiger partial charge in [-0.25, -0.2) is 4.79 Å². The Kier molecular flexibility index (Phi) is 6.23. The molecule has 0 radical (unpaired) electrons. The third kappa shape index (κ3) is 4.13. The monoisotopic (exact) mass is 414 g/mol. The van der Waals surface area contributed by atoms with Gasteiger partial charge in [0, 0.05) is 0 Å². The van der Waals surface area contributed by atoms with Crippen LogP contribution >= 0.6 is 23.6 Å². The molecular weight excluding hydrogens is 396 g/mol. The third-order valence-corrected chi connectivity index (χ3v) is 5.12. The number of ether oxygens (including phenoxy) is 2. The Hall–Kier alpha value is -2.97. The standard InChI is InChI=1S/C20H18N2O4S2/c1-3-9-26-13-7-4-6-12(11-13)16-15(18(23)19(24)25-2)17(22-20(27)21-16)14-8-5-10-28-14/h3-8,10-11,16H,1,9H2,2H3,(H2,21,22,27)/t16-/m0/s1. The number of esters is 1. The Morgan fingerprint density at radius 1 is 1.32 bits per heavy atom. The second-order valence-electron chi connectivity index (χ2n) is 5.79. The summed E-state index contributed by atoms with van der Waals surface area (Å²) in [5, 5.41) is 8.33. The fraction of sp³-hybridized carbons (Fsp3) is 0.150. The molecule has 144 valence electrons. The van der Waals surface area contributed by atoms with Crippen LogP contribution in [0.25, 0.3) is 5.70 Å². The van der Waals surface area contributed by atoms with Gasteiger partial charge in [0.25, 0.3) is 5.78 Å². The van der Waals surface area contributed by atoms with Gasteiger partial charge >= 0.3 is 5.97 Å². The molecule has 1 aliphatic heterocycles. The summed E-state index contributed by atoms with van der Waals surface area (Å²) in [7, 11) is 1.18. The number of nitrogens with one attached hydrogen (secondary N) is 2. The van der Waals surface area contributed by atoms with Crippen molar-refractivity contribution >= 4 is 46.1 Å². The molecule has 0 spiro atoms. The first-order valence-corrected chi connectivity index (χ1v) is 9.65. The zero-order chi connectivity index (χ0) is 20.1. The van der Waals surface area contributed by atoms with Crippen LogP contribution in [0, 0.1) is 0 Å². The smallest absolute Gasteiger partial charge is 0.379 e. The van der Waals surface area contributed by atoms with Gasteiger partial charge in [0.05, 0.1) is 29.3 Å². The predicted molar refractivity (Wildman–Crippen MR) is 112 cm³/mol. The Morgan fingerprint density at radius 3 is 2.82 bits per heavy atom. The SMILES string of the molecule is C=CCOc1cccc([C@@H]2NC(=S)NC(c3cccs3)=C2C(=O)C(=O)OC)c1. The molecule has 2 N–H and O–H groups in total. The van der Waals surface area contributed by atoms with E-state index in [1.165, 1.54) is 18.4 Å². The molecule has 28 heavy (non-hydrogen) atoms. The fourth-order valence-electron chi connectivity index (χ4n) is 2.82. The van der Waals surface area contributed by atoms with Gasteiger partial charge in [-0.15, -0.1) is 11.3 Å². The molecule has 6 nitrogen and oxygen atoms in total. The number of rotatable bonds is 7. The van der Waals surface area contributed by atoms with Crippen LogP contribution in [0.1, 0.15) is 16.5 Å². The van der Waals surface area contributed by atoms with Crippen LogP contribution < -0.4 is 15.4 Å². The summed E-state index contributed by atoms with van der Waals surface area (Å²) in [5.41, 5.74) is 1.46. The summed E-state index contributed by atoms with van der Waals surface area (Å²) < 4.78 is 10.3. The highest BCUT2D eigenvalue weighted by molar-refractivity contribution is 7.80. The molecule has 0 amide bonds. The van der Waals surface area contributed by atoms with Gasteiger partial charge in [-0.2, -0.15) is 0 Å². The van der Waals surface area contributed by atoms with Crippen LogP contribution in [-0.4, -0.2) is 30.6 Å². The van der Waals surface area contributed by atoms with Gasteiger partial charge < -0.3 is 20.1 Å². The lowest BCUT2D eigenvalue weighted by molar-refractivity contribution is -0.150. The number of ketones is 1. The van der Waals surface area contributed by atoms with Crippen molar-refractivity contribution in [2.45, 2.75) is 6.04 Å².